The van der Waals surface area contributed by atoms with Crippen molar-refractivity contribution in [2.45, 2.75) is 0 Å². The minimum Gasteiger partial charge on any atom is -0.497 e. The number of methoxy groups -OCH3 is 1. The van der Waals surface area contributed by atoms with Crippen LogP contribution in [-0.4, -0.2) is 25.8 Å². The first-order chi connectivity index (χ1) is 11.1. The average molecular weight is 320 g/mol. The number of carbonyl (C=O) groups is 1. The van der Waals surface area contributed by atoms with Gasteiger partial charge in [0.2, 0.25) is 0 Å². The van der Waals surface area contributed by atoms with Crippen LogP contribution in [0.3, 0.4) is 0 Å². The molecule has 23 heavy (non-hydrogen) atoms. The van der Waals surface area contributed by atoms with Crippen LogP contribution in [0.25, 0.3) is 0 Å². The van der Waals surface area contributed by atoms with Gasteiger partial charge in [-0.1, -0.05) is 6.07 Å². The number of ether oxygens (including phenoxy) is 2. The Kier molecular flexibility index (Phi) is 5.62. The van der Waals surface area contributed by atoms with Gasteiger partial charge in [-0.05, 0) is 36.4 Å². The maximum Gasteiger partial charge on any atom is 0.277 e. The average Bonchev–Trinajstić information content (AvgIpc) is 2.56. The molecule has 0 atom stereocenters. The molecule has 120 valence electrons. The number of hydrogen-bond donors (Lipinski definition) is 1. The van der Waals surface area contributed by atoms with Gasteiger partial charge < -0.3 is 9.47 Å². The van der Waals surface area contributed by atoms with Crippen LogP contribution < -0.4 is 14.9 Å². The second kappa shape index (κ2) is 7.88. The number of hydrazone groups is 1. The number of benzene rings is 2. The monoisotopic (exact) mass is 320 g/mol. The van der Waals surface area contributed by atoms with Crippen molar-refractivity contribution >= 4 is 12.1 Å². The highest BCUT2D eigenvalue weighted by atomic mass is 19.1. The molecule has 0 fully saturated rings. The van der Waals surface area contributed by atoms with E-state index >= 15 is 0 Å². The number of rotatable bonds is 6. The lowest BCUT2D eigenvalue weighted by Crippen LogP contribution is -2.24. The SMILES string of the molecule is COc1ccc(OCC(=O)N/N=C\c2c(F)cccc2F)cc1. The largest absolute Gasteiger partial charge is 0.497 e. The summed E-state index contributed by atoms with van der Waals surface area (Å²) in [6, 6.07) is 10.1. The normalized spacial score (nSPS) is 10.6. The van der Waals surface area contributed by atoms with Crippen LogP contribution in [0, 0.1) is 11.6 Å². The lowest BCUT2D eigenvalue weighted by Gasteiger charge is -2.06. The Hall–Kier alpha value is -2.96. The predicted octanol–water partition coefficient (Wildman–Crippen LogP) is 2.50. The zero-order chi connectivity index (χ0) is 16.7. The molecule has 0 aliphatic carbocycles. The van der Waals surface area contributed by atoms with Crippen molar-refractivity contribution in [2.75, 3.05) is 13.7 Å². The fourth-order valence-corrected chi connectivity index (χ4v) is 1.66. The third-order valence-electron chi connectivity index (χ3n) is 2.81. The lowest BCUT2D eigenvalue weighted by atomic mass is 10.2. The zero-order valence-corrected chi connectivity index (χ0v) is 12.3. The van der Waals surface area contributed by atoms with Crippen molar-refractivity contribution in [1.29, 1.82) is 0 Å². The number of amides is 1. The van der Waals surface area contributed by atoms with Gasteiger partial charge in [0, 0.05) is 0 Å². The second-order valence-corrected chi connectivity index (χ2v) is 4.39. The number of carbonyl (C=O) groups excluding carboxylic acids is 1. The van der Waals surface area contributed by atoms with Crippen molar-refractivity contribution < 1.29 is 23.0 Å². The fourth-order valence-electron chi connectivity index (χ4n) is 1.66. The van der Waals surface area contributed by atoms with Gasteiger partial charge in [-0.25, -0.2) is 14.2 Å². The highest BCUT2D eigenvalue weighted by Gasteiger charge is 2.06. The molecule has 5 nitrogen and oxygen atoms in total. The Morgan fingerprint density at radius 3 is 2.35 bits per heavy atom. The molecular weight excluding hydrogens is 306 g/mol. The van der Waals surface area contributed by atoms with E-state index in [0.29, 0.717) is 11.5 Å². The highest BCUT2D eigenvalue weighted by molar-refractivity contribution is 5.83. The summed E-state index contributed by atoms with van der Waals surface area (Å²) < 4.78 is 36.9. The van der Waals surface area contributed by atoms with Crippen LogP contribution >= 0.6 is 0 Å². The van der Waals surface area contributed by atoms with Gasteiger partial charge in [-0.15, -0.1) is 0 Å². The minimum atomic E-state index is -0.766. The van der Waals surface area contributed by atoms with E-state index in [2.05, 4.69) is 10.5 Å². The maximum atomic E-state index is 13.3. The lowest BCUT2D eigenvalue weighted by molar-refractivity contribution is -0.123. The van der Waals surface area contributed by atoms with Gasteiger partial charge in [0.25, 0.3) is 5.91 Å². The summed E-state index contributed by atoms with van der Waals surface area (Å²) in [5.74, 6) is -0.952. The summed E-state index contributed by atoms with van der Waals surface area (Å²) in [4.78, 5) is 11.5. The van der Waals surface area contributed by atoms with Crippen molar-refractivity contribution in [3.8, 4) is 11.5 Å². The molecule has 0 bridgehead atoms. The zero-order valence-electron chi connectivity index (χ0n) is 12.3. The number of halogens is 2. The first-order valence-corrected chi connectivity index (χ1v) is 6.63. The second-order valence-electron chi connectivity index (χ2n) is 4.39. The smallest absolute Gasteiger partial charge is 0.277 e. The molecule has 0 aliphatic heterocycles. The van der Waals surface area contributed by atoms with Crippen molar-refractivity contribution in [1.82, 2.24) is 5.43 Å². The summed E-state index contributed by atoms with van der Waals surface area (Å²) in [7, 11) is 1.54. The summed E-state index contributed by atoms with van der Waals surface area (Å²) >= 11 is 0. The molecule has 0 saturated carbocycles. The van der Waals surface area contributed by atoms with E-state index in [-0.39, 0.29) is 12.2 Å². The van der Waals surface area contributed by atoms with Crippen molar-refractivity contribution in [3.05, 3.63) is 59.7 Å². The molecule has 0 aromatic heterocycles. The fraction of sp³-hybridized carbons (Fsp3) is 0.125. The summed E-state index contributed by atoms with van der Waals surface area (Å²) in [5, 5.41) is 3.50. The molecule has 2 aromatic rings. The first kappa shape index (κ1) is 16.4. The highest BCUT2D eigenvalue weighted by Crippen LogP contribution is 2.16. The first-order valence-electron chi connectivity index (χ1n) is 6.63. The van der Waals surface area contributed by atoms with E-state index in [1.165, 1.54) is 6.07 Å². The van der Waals surface area contributed by atoms with E-state index in [1.54, 1.807) is 31.4 Å². The standard InChI is InChI=1S/C16H14F2N2O3/c1-22-11-5-7-12(8-6-11)23-10-16(21)20-19-9-13-14(17)3-2-4-15(13)18/h2-9H,10H2,1H3,(H,20,21)/b19-9-. The van der Waals surface area contributed by atoms with E-state index in [0.717, 1.165) is 18.3 Å². The molecule has 2 aromatic carbocycles. The van der Waals surface area contributed by atoms with Gasteiger partial charge in [-0.2, -0.15) is 5.10 Å². The van der Waals surface area contributed by atoms with E-state index in [1.807, 2.05) is 0 Å². The molecule has 0 saturated heterocycles. The number of nitrogens with one attached hydrogen (secondary N) is 1. The Labute approximate surface area is 131 Å². The van der Waals surface area contributed by atoms with Crippen LogP contribution in [0.1, 0.15) is 5.56 Å². The third-order valence-corrected chi connectivity index (χ3v) is 2.81. The predicted molar refractivity (Wildman–Crippen MR) is 80.6 cm³/mol. The molecule has 1 N–H and O–H groups in total. The van der Waals surface area contributed by atoms with E-state index in [4.69, 9.17) is 9.47 Å². The van der Waals surface area contributed by atoms with E-state index in [9.17, 15) is 13.6 Å². The van der Waals surface area contributed by atoms with Crippen LogP contribution in [0.4, 0.5) is 8.78 Å². The van der Waals surface area contributed by atoms with Crippen LogP contribution in [0.2, 0.25) is 0 Å². The molecule has 0 heterocycles. The molecule has 0 unspecified atom stereocenters. The Balaban J connectivity index is 1.84. The quantitative estimate of drug-likeness (QED) is 0.657. The van der Waals surface area contributed by atoms with Crippen molar-refractivity contribution in [3.63, 3.8) is 0 Å². The molecule has 0 radical (unpaired) electrons. The minimum absolute atomic E-state index is 0.288. The topological polar surface area (TPSA) is 59.9 Å². The van der Waals surface area contributed by atoms with Gasteiger partial charge >= 0.3 is 0 Å². The Morgan fingerprint density at radius 1 is 1.13 bits per heavy atom. The maximum absolute atomic E-state index is 13.3. The number of hydrogen-bond acceptors (Lipinski definition) is 4. The summed E-state index contributed by atoms with van der Waals surface area (Å²) in [6.45, 7) is -0.288. The van der Waals surface area contributed by atoms with Gasteiger partial charge in [0.05, 0.1) is 18.9 Å². The molecule has 2 rings (SSSR count). The van der Waals surface area contributed by atoms with E-state index < -0.39 is 17.5 Å². The number of nitrogens with zero attached hydrogens (tertiary/aromatic N) is 1. The molecule has 7 heteroatoms. The third kappa shape index (κ3) is 4.77. The summed E-state index contributed by atoms with van der Waals surface area (Å²) in [6.07, 6.45) is 0.899. The van der Waals surface area contributed by atoms with Gasteiger partial charge in [-0.3, -0.25) is 4.79 Å². The molecule has 0 spiro atoms. The Bertz CT molecular complexity index is 683. The van der Waals surface area contributed by atoms with Crippen LogP contribution in [0.5, 0.6) is 11.5 Å². The molecule has 0 aliphatic rings. The van der Waals surface area contributed by atoms with Gasteiger partial charge in [0.15, 0.2) is 6.61 Å². The molecular formula is C16H14F2N2O3. The van der Waals surface area contributed by atoms with Crippen LogP contribution in [-0.2, 0) is 4.79 Å². The molecule has 1 amide bonds. The Morgan fingerprint density at radius 2 is 1.74 bits per heavy atom. The summed E-state index contributed by atoms with van der Waals surface area (Å²) in [5.41, 5.74) is 1.80. The van der Waals surface area contributed by atoms with Crippen LogP contribution in [0.15, 0.2) is 47.6 Å². The van der Waals surface area contributed by atoms with Crippen molar-refractivity contribution in [2.24, 2.45) is 5.10 Å². The van der Waals surface area contributed by atoms with Gasteiger partial charge in [0.1, 0.15) is 23.1 Å².